The van der Waals surface area contributed by atoms with Crippen molar-refractivity contribution < 1.29 is 9.53 Å². The van der Waals surface area contributed by atoms with E-state index < -0.39 is 5.97 Å². The van der Waals surface area contributed by atoms with Gasteiger partial charge in [0.2, 0.25) is 0 Å². The second-order valence-corrected chi connectivity index (χ2v) is 7.06. The molecule has 25 heavy (non-hydrogen) atoms. The van der Waals surface area contributed by atoms with E-state index in [2.05, 4.69) is 20.5 Å². The zero-order chi connectivity index (χ0) is 17.8. The van der Waals surface area contributed by atoms with Gasteiger partial charge in [0.1, 0.15) is 10.7 Å². The summed E-state index contributed by atoms with van der Waals surface area (Å²) in [5.74, 6) is -0.144. The van der Waals surface area contributed by atoms with Crippen LogP contribution in [0.4, 0.5) is 5.82 Å². The first-order valence-corrected chi connectivity index (χ1v) is 8.83. The quantitative estimate of drug-likeness (QED) is 0.394. The van der Waals surface area contributed by atoms with Crippen molar-refractivity contribution in [3.05, 3.63) is 50.9 Å². The molecule has 0 aliphatic rings. The SMILES string of the molecule is CCOC(=O)/C(=N\Nc1ncnc2ccccc12)c1cc(Cl)sc1Cl. The van der Waals surface area contributed by atoms with Gasteiger partial charge in [-0.05, 0) is 25.1 Å². The Balaban J connectivity index is 2.01. The summed E-state index contributed by atoms with van der Waals surface area (Å²) in [7, 11) is 0. The molecule has 2 heterocycles. The highest BCUT2D eigenvalue weighted by Crippen LogP contribution is 2.32. The number of ether oxygens (including phenoxy) is 1. The van der Waals surface area contributed by atoms with Crippen molar-refractivity contribution in [2.75, 3.05) is 12.0 Å². The molecule has 2 aromatic heterocycles. The third-order valence-corrected chi connectivity index (χ3v) is 4.68. The van der Waals surface area contributed by atoms with E-state index in [-0.39, 0.29) is 12.3 Å². The van der Waals surface area contributed by atoms with Crippen molar-refractivity contribution in [2.45, 2.75) is 6.92 Å². The molecule has 0 unspecified atom stereocenters. The number of nitrogens with zero attached hydrogens (tertiary/aromatic N) is 3. The van der Waals surface area contributed by atoms with Crippen molar-refractivity contribution in [1.29, 1.82) is 0 Å². The van der Waals surface area contributed by atoms with E-state index in [1.807, 2.05) is 24.3 Å². The lowest BCUT2D eigenvalue weighted by molar-refractivity contribution is -0.134. The van der Waals surface area contributed by atoms with Gasteiger partial charge in [0.05, 0.1) is 16.5 Å². The summed E-state index contributed by atoms with van der Waals surface area (Å²) in [5.41, 5.74) is 3.98. The molecule has 3 rings (SSSR count). The Kier molecular flexibility index (Phi) is 5.47. The van der Waals surface area contributed by atoms with Crippen LogP contribution >= 0.6 is 34.5 Å². The Labute approximate surface area is 157 Å². The van der Waals surface area contributed by atoms with Crippen LogP contribution in [0.2, 0.25) is 8.67 Å². The highest BCUT2D eigenvalue weighted by Gasteiger charge is 2.21. The zero-order valence-electron chi connectivity index (χ0n) is 13.0. The molecule has 0 saturated carbocycles. The number of thiophene rings is 1. The lowest BCUT2D eigenvalue weighted by atomic mass is 10.2. The van der Waals surface area contributed by atoms with E-state index in [4.69, 9.17) is 27.9 Å². The Morgan fingerprint density at radius 3 is 2.84 bits per heavy atom. The molecular weight excluding hydrogens is 383 g/mol. The summed E-state index contributed by atoms with van der Waals surface area (Å²) >= 11 is 13.3. The number of esters is 1. The summed E-state index contributed by atoms with van der Waals surface area (Å²) in [6.45, 7) is 1.92. The van der Waals surface area contributed by atoms with Gasteiger partial charge in [-0.15, -0.1) is 11.3 Å². The van der Waals surface area contributed by atoms with Gasteiger partial charge in [-0.2, -0.15) is 5.10 Å². The zero-order valence-corrected chi connectivity index (χ0v) is 15.3. The molecule has 1 aromatic carbocycles. The van der Waals surface area contributed by atoms with Gasteiger partial charge in [0, 0.05) is 10.9 Å². The van der Waals surface area contributed by atoms with Crippen LogP contribution < -0.4 is 5.43 Å². The number of hydrogen-bond acceptors (Lipinski definition) is 7. The van der Waals surface area contributed by atoms with Crippen LogP contribution in [-0.4, -0.2) is 28.3 Å². The molecule has 0 aliphatic heterocycles. The predicted octanol–water partition coefficient (Wildman–Crippen LogP) is 4.38. The van der Waals surface area contributed by atoms with Crippen LogP contribution in [-0.2, 0) is 9.53 Å². The molecule has 6 nitrogen and oxygen atoms in total. The van der Waals surface area contributed by atoms with E-state index in [9.17, 15) is 4.79 Å². The number of anilines is 1. The molecule has 0 fully saturated rings. The average molecular weight is 395 g/mol. The van der Waals surface area contributed by atoms with Gasteiger partial charge >= 0.3 is 5.97 Å². The molecule has 0 radical (unpaired) electrons. The van der Waals surface area contributed by atoms with E-state index in [1.54, 1.807) is 13.0 Å². The molecule has 0 spiro atoms. The summed E-state index contributed by atoms with van der Waals surface area (Å²) in [5, 5.41) is 4.94. The van der Waals surface area contributed by atoms with E-state index >= 15 is 0 Å². The number of para-hydroxylation sites is 1. The first kappa shape index (κ1) is 17.6. The van der Waals surface area contributed by atoms with Gasteiger partial charge in [0.25, 0.3) is 0 Å². The van der Waals surface area contributed by atoms with Crippen molar-refractivity contribution in [3.8, 4) is 0 Å². The molecule has 1 N–H and O–H groups in total. The van der Waals surface area contributed by atoms with E-state index in [1.165, 1.54) is 6.33 Å². The third kappa shape index (κ3) is 3.89. The van der Waals surface area contributed by atoms with Gasteiger partial charge in [0.15, 0.2) is 11.5 Å². The number of hydrazone groups is 1. The summed E-state index contributed by atoms with van der Waals surface area (Å²) < 4.78 is 5.86. The van der Waals surface area contributed by atoms with Gasteiger partial charge < -0.3 is 4.74 Å². The minimum Gasteiger partial charge on any atom is -0.461 e. The highest BCUT2D eigenvalue weighted by molar-refractivity contribution is 7.20. The van der Waals surface area contributed by atoms with Gasteiger partial charge in [-0.1, -0.05) is 35.3 Å². The van der Waals surface area contributed by atoms with Gasteiger partial charge in [-0.25, -0.2) is 14.8 Å². The van der Waals surface area contributed by atoms with Crippen molar-refractivity contribution >= 4 is 62.9 Å². The lowest BCUT2D eigenvalue weighted by Crippen LogP contribution is -2.20. The van der Waals surface area contributed by atoms with Crippen molar-refractivity contribution in [1.82, 2.24) is 9.97 Å². The summed E-state index contributed by atoms with van der Waals surface area (Å²) in [6, 6.07) is 9.02. The molecule has 3 aromatic rings. The average Bonchev–Trinajstić information content (AvgIpc) is 2.94. The smallest absolute Gasteiger partial charge is 0.359 e. The Morgan fingerprint density at radius 1 is 1.32 bits per heavy atom. The number of rotatable bonds is 5. The summed E-state index contributed by atoms with van der Waals surface area (Å²) in [4.78, 5) is 20.6. The van der Waals surface area contributed by atoms with Crippen LogP contribution in [0.15, 0.2) is 41.8 Å². The van der Waals surface area contributed by atoms with E-state index in [0.717, 1.165) is 22.2 Å². The number of carbonyl (C=O) groups excluding carboxylic acids is 1. The first-order chi connectivity index (χ1) is 12.1. The largest absolute Gasteiger partial charge is 0.461 e. The Hall–Kier alpha value is -2.22. The first-order valence-electron chi connectivity index (χ1n) is 7.26. The molecule has 0 atom stereocenters. The highest BCUT2D eigenvalue weighted by atomic mass is 35.5. The fourth-order valence-corrected chi connectivity index (χ4v) is 3.59. The molecule has 0 bridgehead atoms. The minimum absolute atomic E-state index is 0.0256. The van der Waals surface area contributed by atoms with Crippen LogP contribution in [0.5, 0.6) is 0 Å². The summed E-state index contributed by atoms with van der Waals surface area (Å²) in [6.07, 6.45) is 1.42. The maximum Gasteiger partial charge on any atom is 0.359 e. The van der Waals surface area contributed by atoms with Gasteiger partial charge in [-0.3, -0.25) is 5.43 Å². The minimum atomic E-state index is -0.607. The lowest BCUT2D eigenvalue weighted by Gasteiger charge is -2.07. The van der Waals surface area contributed by atoms with E-state index in [0.29, 0.717) is 20.1 Å². The Morgan fingerprint density at radius 2 is 2.12 bits per heavy atom. The van der Waals surface area contributed by atoms with Crippen LogP contribution in [0.1, 0.15) is 12.5 Å². The number of aromatic nitrogens is 2. The molecule has 9 heteroatoms. The monoisotopic (exact) mass is 394 g/mol. The second kappa shape index (κ2) is 7.77. The van der Waals surface area contributed by atoms with Crippen molar-refractivity contribution in [2.24, 2.45) is 5.10 Å². The molecule has 0 amide bonds. The third-order valence-electron chi connectivity index (χ3n) is 3.20. The van der Waals surface area contributed by atoms with Crippen LogP contribution in [0.25, 0.3) is 10.9 Å². The predicted molar refractivity (Wildman–Crippen MR) is 101 cm³/mol. The fraction of sp³-hybridized carbons (Fsp3) is 0.125. The van der Waals surface area contributed by atoms with Crippen LogP contribution in [0.3, 0.4) is 0 Å². The normalized spacial score (nSPS) is 11.6. The number of halogens is 2. The Bertz CT molecular complexity index is 953. The molecule has 128 valence electrons. The van der Waals surface area contributed by atoms with Crippen molar-refractivity contribution in [3.63, 3.8) is 0 Å². The number of nitrogens with one attached hydrogen (secondary N) is 1. The number of hydrogen-bond donors (Lipinski definition) is 1. The maximum atomic E-state index is 12.3. The molecule has 0 aliphatic carbocycles. The number of benzene rings is 1. The second-order valence-electron chi connectivity index (χ2n) is 4.77. The molecule has 0 saturated heterocycles. The standard InChI is InChI=1S/C16H12Cl2N4O2S/c1-2-24-16(23)13(10-7-12(17)25-14(10)18)21-22-15-9-5-3-4-6-11(9)19-8-20-15/h3-8H,2H2,1H3,(H,19,20,22)/b21-13-. The topological polar surface area (TPSA) is 76.5 Å². The number of carbonyl (C=O) groups is 1. The molecular formula is C16H12Cl2N4O2S. The van der Waals surface area contributed by atoms with Crippen LogP contribution in [0, 0.1) is 0 Å². The fourth-order valence-electron chi connectivity index (χ4n) is 2.12. The maximum absolute atomic E-state index is 12.3. The number of fused-ring (bicyclic) bond motifs is 1.